The van der Waals surface area contributed by atoms with Crippen LogP contribution in [0.1, 0.15) is 12.7 Å². The first-order valence-corrected chi connectivity index (χ1v) is 3.26. The molecular weight excluding hydrogens is 140 g/mol. The van der Waals surface area contributed by atoms with E-state index < -0.39 is 5.60 Å². The predicted molar refractivity (Wildman–Crippen MR) is 41.6 cm³/mol. The van der Waals surface area contributed by atoms with E-state index >= 15 is 0 Å². The molecule has 1 N–H and O–H groups in total. The fourth-order valence-electron chi connectivity index (χ4n) is 0.899. The lowest BCUT2D eigenvalue weighted by Crippen LogP contribution is -2.22. The molecule has 11 heavy (non-hydrogen) atoms. The standard InChI is InChI=1S/C8H10N2O/c1-4-8(2,11)7-9-5-6-10(7)3/h1,5-6,11H,2-3H3. The van der Waals surface area contributed by atoms with Gasteiger partial charge in [0.15, 0.2) is 11.4 Å². The number of hydrogen-bond acceptors (Lipinski definition) is 2. The van der Waals surface area contributed by atoms with Gasteiger partial charge in [0.2, 0.25) is 0 Å². The normalized spacial score (nSPS) is 15.5. The number of hydrogen-bond donors (Lipinski definition) is 1. The minimum atomic E-state index is -1.27. The van der Waals surface area contributed by atoms with Crippen LogP contribution in [0.5, 0.6) is 0 Å². The molecule has 0 fully saturated rings. The minimum absolute atomic E-state index is 0.486. The average Bonchev–Trinajstić information content (AvgIpc) is 2.36. The van der Waals surface area contributed by atoms with Crippen LogP contribution in [0, 0.1) is 12.3 Å². The lowest BCUT2D eigenvalue weighted by molar-refractivity contribution is 0.109. The fraction of sp³-hybridized carbons (Fsp3) is 0.375. The molecule has 0 saturated carbocycles. The zero-order valence-corrected chi connectivity index (χ0v) is 6.57. The molecule has 0 amide bonds. The summed E-state index contributed by atoms with van der Waals surface area (Å²) in [6, 6.07) is 0. The molecule has 3 nitrogen and oxygen atoms in total. The summed E-state index contributed by atoms with van der Waals surface area (Å²) in [6.07, 6.45) is 8.45. The van der Waals surface area contributed by atoms with Crippen LogP contribution in [0.3, 0.4) is 0 Å². The molecule has 0 aliphatic heterocycles. The Labute approximate surface area is 65.7 Å². The molecule has 0 aromatic carbocycles. The topological polar surface area (TPSA) is 38.1 Å². The van der Waals surface area contributed by atoms with Crippen LogP contribution < -0.4 is 0 Å². The summed E-state index contributed by atoms with van der Waals surface area (Å²) in [6.45, 7) is 1.54. The van der Waals surface area contributed by atoms with Crippen LogP contribution in [-0.2, 0) is 12.6 Å². The van der Waals surface area contributed by atoms with Crippen molar-refractivity contribution in [1.29, 1.82) is 0 Å². The average molecular weight is 150 g/mol. The van der Waals surface area contributed by atoms with Gasteiger partial charge in [-0.15, -0.1) is 6.42 Å². The number of rotatable bonds is 1. The zero-order chi connectivity index (χ0) is 8.48. The zero-order valence-electron chi connectivity index (χ0n) is 6.57. The van der Waals surface area contributed by atoms with E-state index in [4.69, 9.17) is 6.42 Å². The highest BCUT2D eigenvalue weighted by atomic mass is 16.3. The van der Waals surface area contributed by atoms with Crippen molar-refractivity contribution in [1.82, 2.24) is 9.55 Å². The monoisotopic (exact) mass is 150 g/mol. The molecule has 0 bridgehead atoms. The number of aryl methyl sites for hydroxylation is 1. The molecule has 0 saturated heterocycles. The van der Waals surface area contributed by atoms with Gasteiger partial charge in [-0.05, 0) is 6.92 Å². The third-order valence-electron chi connectivity index (χ3n) is 1.54. The summed E-state index contributed by atoms with van der Waals surface area (Å²) in [7, 11) is 1.79. The molecule has 0 spiro atoms. The number of aliphatic hydroxyl groups is 1. The molecule has 0 aliphatic rings. The number of nitrogens with zero attached hydrogens (tertiary/aromatic N) is 2. The molecule has 1 rings (SSSR count). The van der Waals surface area contributed by atoms with Crippen molar-refractivity contribution in [3.63, 3.8) is 0 Å². The second-order valence-electron chi connectivity index (χ2n) is 2.58. The van der Waals surface area contributed by atoms with E-state index in [0.29, 0.717) is 5.82 Å². The van der Waals surface area contributed by atoms with E-state index in [-0.39, 0.29) is 0 Å². The van der Waals surface area contributed by atoms with Gasteiger partial charge in [0, 0.05) is 19.4 Å². The Kier molecular flexibility index (Phi) is 1.71. The van der Waals surface area contributed by atoms with E-state index in [1.807, 2.05) is 0 Å². The quantitative estimate of drug-likeness (QED) is 0.583. The van der Waals surface area contributed by atoms with Crippen molar-refractivity contribution in [3.8, 4) is 12.3 Å². The molecule has 1 unspecified atom stereocenters. The van der Waals surface area contributed by atoms with Crippen molar-refractivity contribution in [2.24, 2.45) is 7.05 Å². The number of imidazole rings is 1. The number of aromatic nitrogens is 2. The van der Waals surface area contributed by atoms with Gasteiger partial charge in [0.1, 0.15) is 0 Å². The largest absolute Gasteiger partial charge is 0.371 e. The maximum absolute atomic E-state index is 9.54. The lowest BCUT2D eigenvalue weighted by atomic mass is 10.1. The summed E-state index contributed by atoms with van der Waals surface area (Å²) in [5.41, 5.74) is -1.27. The minimum Gasteiger partial charge on any atom is -0.371 e. The van der Waals surface area contributed by atoms with Crippen molar-refractivity contribution in [2.45, 2.75) is 12.5 Å². The first-order valence-electron chi connectivity index (χ1n) is 3.26. The van der Waals surface area contributed by atoms with Crippen molar-refractivity contribution >= 4 is 0 Å². The summed E-state index contributed by atoms with van der Waals surface area (Å²) >= 11 is 0. The second-order valence-corrected chi connectivity index (χ2v) is 2.58. The predicted octanol–water partition coefficient (Wildman–Crippen LogP) is 0.261. The van der Waals surface area contributed by atoms with Gasteiger partial charge in [0.25, 0.3) is 0 Å². The molecule has 0 radical (unpaired) electrons. The first kappa shape index (κ1) is 7.83. The van der Waals surface area contributed by atoms with Gasteiger partial charge in [-0.25, -0.2) is 4.98 Å². The van der Waals surface area contributed by atoms with E-state index in [9.17, 15) is 5.11 Å². The number of terminal acetylenes is 1. The van der Waals surface area contributed by atoms with Gasteiger partial charge in [0.05, 0.1) is 0 Å². The highest BCUT2D eigenvalue weighted by Gasteiger charge is 2.23. The maximum Gasteiger partial charge on any atom is 0.180 e. The van der Waals surface area contributed by atoms with Crippen LogP contribution in [0.25, 0.3) is 0 Å². The molecule has 1 aromatic rings. The maximum atomic E-state index is 9.54. The highest BCUT2D eigenvalue weighted by Crippen LogP contribution is 2.15. The van der Waals surface area contributed by atoms with E-state index in [1.165, 1.54) is 6.92 Å². The first-order chi connectivity index (χ1) is 5.08. The third-order valence-corrected chi connectivity index (χ3v) is 1.54. The van der Waals surface area contributed by atoms with Gasteiger partial charge in [-0.3, -0.25) is 0 Å². The van der Waals surface area contributed by atoms with E-state index in [0.717, 1.165) is 0 Å². The van der Waals surface area contributed by atoms with Crippen LogP contribution in [0.4, 0.5) is 0 Å². The smallest absolute Gasteiger partial charge is 0.180 e. The molecule has 0 aliphatic carbocycles. The van der Waals surface area contributed by atoms with Crippen LogP contribution in [-0.4, -0.2) is 14.7 Å². The Balaban J connectivity index is 3.13. The van der Waals surface area contributed by atoms with Crippen molar-refractivity contribution in [3.05, 3.63) is 18.2 Å². The Morgan fingerprint density at radius 1 is 1.82 bits per heavy atom. The SMILES string of the molecule is C#CC(C)(O)c1nccn1C. The van der Waals surface area contributed by atoms with Gasteiger partial charge < -0.3 is 9.67 Å². The third kappa shape index (κ3) is 1.26. The fourth-order valence-corrected chi connectivity index (χ4v) is 0.899. The Morgan fingerprint density at radius 2 is 2.45 bits per heavy atom. The van der Waals surface area contributed by atoms with Gasteiger partial charge >= 0.3 is 0 Å². The second kappa shape index (κ2) is 2.40. The molecule has 3 heteroatoms. The molecule has 58 valence electrons. The van der Waals surface area contributed by atoms with Crippen molar-refractivity contribution in [2.75, 3.05) is 0 Å². The highest BCUT2D eigenvalue weighted by molar-refractivity contribution is 5.16. The summed E-state index contributed by atoms with van der Waals surface area (Å²) < 4.78 is 1.69. The van der Waals surface area contributed by atoms with E-state index in [1.54, 1.807) is 24.0 Å². The van der Waals surface area contributed by atoms with Crippen LogP contribution in [0.2, 0.25) is 0 Å². The van der Waals surface area contributed by atoms with Crippen LogP contribution >= 0.6 is 0 Å². The molecule has 1 atom stereocenters. The summed E-state index contributed by atoms with van der Waals surface area (Å²) in [5, 5.41) is 9.54. The summed E-state index contributed by atoms with van der Waals surface area (Å²) in [5.74, 6) is 2.74. The Morgan fingerprint density at radius 3 is 2.82 bits per heavy atom. The van der Waals surface area contributed by atoms with E-state index in [2.05, 4.69) is 10.9 Å². The van der Waals surface area contributed by atoms with Crippen molar-refractivity contribution < 1.29 is 5.11 Å². The Bertz CT molecular complexity index is 293. The summed E-state index contributed by atoms with van der Waals surface area (Å²) in [4.78, 5) is 3.93. The lowest BCUT2D eigenvalue weighted by Gasteiger charge is -2.14. The molecular formula is C8H10N2O. The van der Waals surface area contributed by atoms with Gasteiger partial charge in [-0.2, -0.15) is 0 Å². The molecule has 1 heterocycles. The van der Waals surface area contributed by atoms with Gasteiger partial charge in [-0.1, -0.05) is 5.92 Å². The molecule has 1 aromatic heterocycles. The van der Waals surface area contributed by atoms with Crippen LogP contribution in [0.15, 0.2) is 12.4 Å². The Hall–Kier alpha value is -1.27.